The van der Waals surface area contributed by atoms with Gasteiger partial charge in [-0.2, -0.15) is 12.7 Å². The Kier molecular flexibility index (Phi) is 8.60. The van der Waals surface area contributed by atoms with Crippen LogP contribution in [0.25, 0.3) is 11.4 Å². The van der Waals surface area contributed by atoms with Crippen LogP contribution in [0.5, 0.6) is 0 Å². The number of nitrogens with zero attached hydrogens (tertiary/aromatic N) is 5. The minimum absolute atomic E-state index is 0.124. The van der Waals surface area contributed by atoms with Gasteiger partial charge in [0, 0.05) is 58.7 Å². The van der Waals surface area contributed by atoms with Gasteiger partial charge in [-0.25, -0.2) is 13.8 Å². The summed E-state index contributed by atoms with van der Waals surface area (Å²) in [5.74, 6) is 0.274. The minimum atomic E-state index is -3.76. The summed E-state index contributed by atoms with van der Waals surface area (Å²) in [5.41, 5.74) is 1.37. The number of imidazole rings is 1. The first-order valence-corrected chi connectivity index (χ1v) is 16.8. The molecule has 10 nitrogen and oxygen atoms in total. The highest BCUT2D eigenvalue weighted by Gasteiger charge is 2.41. The summed E-state index contributed by atoms with van der Waals surface area (Å²) in [4.78, 5) is 19.9. The summed E-state index contributed by atoms with van der Waals surface area (Å²) >= 11 is 0. The van der Waals surface area contributed by atoms with Gasteiger partial charge < -0.3 is 14.4 Å². The zero-order chi connectivity index (χ0) is 27.8. The number of likely N-dealkylation sites (N-methyl/N-ethyl adjacent to an activating group) is 1. The van der Waals surface area contributed by atoms with Gasteiger partial charge in [0.05, 0.1) is 12.1 Å². The molecule has 1 amide bonds. The van der Waals surface area contributed by atoms with Gasteiger partial charge in [-0.3, -0.25) is 4.90 Å². The van der Waals surface area contributed by atoms with Crippen LogP contribution in [0, 0.1) is 0 Å². The van der Waals surface area contributed by atoms with E-state index in [1.807, 2.05) is 18.2 Å². The Balaban J connectivity index is 1.86. The lowest BCUT2D eigenvalue weighted by molar-refractivity contribution is 0.121. The first kappa shape index (κ1) is 29.3. The van der Waals surface area contributed by atoms with E-state index in [-0.39, 0.29) is 17.0 Å². The molecule has 1 aromatic carbocycles. The average molecular weight is 552 g/mol. The molecule has 0 aliphatic carbocycles. The highest BCUT2D eigenvalue weighted by molar-refractivity contribution is 7.87. The van der Waals surface area contributed by atoms with Crippen molar-refractivity contribution in [3.05, 3.63) is 42.2 Å². The Morgan fingerprint density at radius 3 is 2.54 bits per heavy atom. The number of likely N-dealkylation sites (tertiary alicyclic amines) is 1. The summed E-state index contributed by atoms with van der Waals surface area (Å²) in [6.07, 6.45) is 2.87. The third-order valence-electron chi connectivity index (χ3n) is 7.54. The quantitative estimate of drug-likeness (QED) is 0.470. The van der Waals surface area contributed by atoms with E-state index in [2.05, 4.69) is 43.7 Å². The second-order valence-electron chi connectivity index (χ2n) is 11.4. The van der Waals surface area contributed by atoms with Gasteiger partial charge in [0.2, 0.25) is 0 Å². The molecule has 37 heavy (non-hydrogen) atoms. The molecule has 2 atom stereocenters. The Morgan fingerprint density at radius 2 is 1.95 bits per heavy atom. The Morgan fingerprint density at radius 1 is 1.27 bits per heavy atom. The third kappa shape index (κ3) is 6.43. The number of carbonyl (C=O) groups is 1. The molecule has 0 unspecified atom stereocenters. The number of hydrogen-bond acceptors (Lipinski definition) is 6. The van der Waals surface area contributed by atoms with Crippen molar-refractivity contribution < 1.29 is 22.7 Å². The summed E-state index contributed by atoms with van der Waals surface area (Å²) < 4.78 is 34.4. The number of hydrogen-bond donors (Lipinski definition) is 1. The number of benzene rings is 1. The third-order valence-corrected chi connectivity index (χ3v) is 13.8. The van der Waals surface area contributed by atoms with Gasteiger partial charge in [-0.15, -0.1) is 0 Å². The van der Waals surface area contributed by atoms with E-state index in [0.717, 1.165) is 33.4 Å². The van der Waals surface area contributed by atoms with Crippen molar-refractivity contribution in [3.63, 3.8) is 0 Å². The highest BCUT2D eigenvalue weighted by Crippen LogP contribution is 2.38. The first-order valence-electron chi connectivity index (χ1n) is 12.5. The van der Waals surface area contributed by atoms with Crippen molar-refractivity contribution in [1.29, 1.82) is 0 Å². The van der Waals surface area contributed by atoms with Gasteiger partial charge >= 0.3 is 16.3 Å². The number of carboxylic acid groups (broad SMARTS) is 1. The molecule has 12 heteroatoms. The van der Waals surface area contributed by atoms with E-state index in [4.69, 9.17) is 4.43 Å². The number of amides is 1. The van der Waals surface area contributed by atoms with E-state index < -0.39 is 30.7 Å². The normalized spacial score (nSPS) is 18.4. The molecule has 1 saturated heterocycles. The molecule has 0 radical (unpaired) electrons. The standard InChI is InChI=1S/C25H41N5O5SSi/c1-25(2,3)37(7,8)35-21-12-14-29(17-21)18-22(28(6)24(31)32)19-10-9-11-20(16-19)23-26-13-15-30(23)36(33,34)27(4)5/h9-11,13,15-16,21-22H,12,14,17-18H2,1-8H3,(H,31,32)/t21-,22+/m0/s1. The summed E-state index contributed by atoms with van der Waals surface area (Å²) in [6.45, 7) is 13.3. The first-order chi connectivity index (χ1) is 17.0. The maximum atomic E-state index is 12.8. The molecular formula is C25H41N5O5SSi. The molecule has 3 rings (SSSR count). The maximum absolute atomic E-state index is 12.8. The van der Waals surface area contributed by atoms with Crippen LogP contribution in [0.15, 0.2) is 36.7 Å². The van der Waals surface area contributed by atoms with Gasteiger partial charge in [0.15, 0.2) is 14.1 Å². The number of rotatable bonds is 9. The zero-order valence-electron chi connectivity index (χ0n) is 23.2. The van der Waals surface area contributed by atoms with Gasteiger partial charge in [0.25, 0.3) is 0 Å². The molecule has 206 valence electrons. The van der Waals surface area contributed by atoms with Crippen molar-refractivity contribution in [2.75, 3.05) is 40.8 Å². The van der Waals surface area contributed by atoms with Crippen LogP contribution < -0.4 is 0 Å². The molecule has 0 saturated carbocycles. The van der Waals surface area contributed by atoms with Crippen molar-refractivity contribution in [2.24, 2.45) is 0 Å². The lowest BCUT2D eigenvalue weighted by Crippen LogP contribution is -2.45. The van der Waals surface area contributed by atoms with Crippen LogP contribution in [0.3, 0.4) is 0 Å². The fourth-order valence-electron chi connectivity index (χ4n) is 4.22. The van der Waals surface area contributed by atoms with Crippen LogP contribution in [-0.4, -0.2) is 97.9 Å². The molecule has 0 spiro atoms. The van der Waals surface area contributed by atoms with Crippen LogP contribution in [0.1, 0.15) is 38.8 Å². The van der Waals surface area contributed by atoms with Crippen molar-refractivity contribution >= 4 is 24.6 Å². The summed E-state index contributed by atoms with van der Waals surface area (Å²) in [7, 11) is -1.17. The minimum Gasteiger partial charge on any atom is -0.465 e. The second kappa shape index (κ2) is 10.9. The summed E-state index contributed by atoms with van der Waals surface area (Å²) in [5, 5.41) is 9.96. The molecular weight excluding hydrogens is 510 g/mol. The summed E-state index contributed by atoms with van der Waals surface area (Å²) in [6, 6.07) is 6.85. The van der Waals surface area contributed by atoms with E-state index >= 15 is 0 Å². The van der Waals surface area contributed by atoms with Crippen LogP contribution in [0.2, 0.25) is 18.1 Å². The fourth-order valence-corrected chi connectivity index (χ4v) is 6.53. The van der Waals surface area contributed by atoms with Crippen LogP contribution >= 0.6 is 0 Å². The largest absolute Gasteiger partial charge is 0.465 e. The molecule has 1 aliphatic rings. The van der Waals surface area contributed by atoms with Gasteiger partial charge in [-0.1, -0.05) is 39.0 Å². The Hall–Kier alpha value is -2.25. The fraction of sp³-hybridized carbons (Fsp3) is 0.600. The Labute approximate surface area is 222 Å². The van der Waals surface area contributed by atoms with Crippen molar-refractivity contribution in [3.8, 4) is 11.4 Å². The maximum Gasteiger partial charge on any atom is 0.407 e. The SMILES string of the molecule is CN(C(=O)O)[C@H](CN1CC[C@H](O[Si](C)(C)C(C)(C)C)C1)c1cccc(-c2nccn2S(=O)(=O)N(C)C)c1. The smallest absolute Gasteiger partial charge is 0.407 e. The zero-order valence-corrected chi connectivity index (χ0v) is 25.0. The predicted octanol–water partition coefficient (Wildman–Crippen LogP) is 3.95. The lowest BCUT2D eigenvalue weighted by Gasteiger charge is -2.38. The Bertz CT molecular complexity index is 1210. The van der Waals surface area contributed by atoms with E-state index in [1.54, 1.807) is 13.1 Å². The van der Waals surface area contributed by atoms with Crippen LogP contribution in [0.4, 0.5) is 4.79 Å². The molecule has 1 aromatic heterocycles. The molecule has 1 fully saturated rings. The average Bonchev–Trinajstić information content (AvgIpc) is 3.46. The number of aromatic nitrogens is 2. The molecule has 1 aliphatic heterocycles. The van der Waals surface area contributed by atoms with E-state index in [9.17, 15) is 18.3 Å². The molecule has 2 aromatic rings. The van der Waals surface area contributed by atoms with E-state index in [0.29, 0.717) is 12.1 Å². The lowest BCUT2D eigenvalue weighted by atomic mass is 10.0. The topological polar surface area (TPSA) is 108 Å². The van der Waals surface area contributed by atoms with Crippen LogP contribution in [-0.2, 0) is 14.6 Å². The monoisotopic (exact) mass is 551 g/mol. The van der Waals surface area contributed by atoms with Gasteiger partial charge in [-0.05, 0) is 36.2 Å². The van der Waals surface area contributed by atoms with Gasteiger partial charge in [0.1, 0.15) is 0 Å². The highest BCUT2D eigenvalue weighted by atomic mass is 32.2. The van der Waals surface area contributed by atoms with E-state index in [1.165, 1.54) is 31.4 Å². The molecule has 0 bridgehead atoms. The second-order valence-corrected chi connectivity index (χ2v) is 18.2. The predicted molar refractivity (Wildman–Crippen MR) is 147 cm³/mol. The molecule has 1 N–H and O–H groups in total. The molecule has 2 heterocycles. The van der Waals surface area contributed by atoms with Crippen molar-refractivity contribution in [2.45, 2.75) is 57.5 Å². The van der Waals surface area contributed by atoms with Crippen molar-refractivity contribution in [1.82, 2.24) is 23.1 Å².